The molecular formula is C18H22N2OS. The standard InChI is InChI=1S/C18H22N2OS/c1-5-10-22-18-19-16(6-2)15(17(21)20(18)4)12-14-9-7-8-13(3)11-14/h5,7-9,11H,1,6,10,12H2,2-4H3. The molecule has 0 spiro atoms. The molecule has 0 saturated heterocycles. The Morgan fingerprint density at radius 1 is 1.41 bits per heavy atom. The van der Waals surface area contributed by atoms with Crippen molar-refractivity contribution in [2.24, 2.45) is 7.05 Å². The van der Waals surface area contributed by atoms with Crippen LogP contribution >= 0.6 is 11.8 Å². The van der Waals surface area contributed by atoms with Gasteiger partial charge in [0, 0.05) is 24.8 Å². The lowest BCUT2D eigenvalue weighted by Gasteiger charge is -2.13. The topological polar surface area (TPSA) is 34.9 Å². The van der Waals surface area contributed by atoms with Gasteiger partial charge in [-0.05, 0) is 18.9 Å². The second kappa shape index (κ2) is 7.45. The molecule has 0 amide bonds. The van der Waals surface area contributed by atoms with Gasteiger partial charge in [-0.1, -0.05) is 54.6 Å². The molecule has 0 N–H and O–H groups in total. The van der Waals surface area contributed by atoms with Gasteiger partial charge in [0.05, 0.1) is 5.69 Å². The molecule has 2 aromatic rings. The normalized spacial score (nSPS) is 10.7. The summed E-state index contributed by atoms with van der Waals surface area (Å²) in [4.78, 5) is 17.4. The monoisotopic (exact) mass is 314 g/mol. The number of hydrogen-bond donors (Lipinski definition) is 0. The summed E-state index contributed by atoms with van der Waals surface area (Å²) in [5, 5.41) is 0.759. The first kappa shape index (κ1) is 16.6. The lowest BCUT2D eigenvalue weighted by atomic mass is 10.0. The zero-order valence-corrected chi connectivity index (χ0v) is 14.2. The predicted octanol–water partition coefficient (Wildman–Crippen LogP) is 3.52. The Morgan fingerprint density at radius 2 is 2.18 bits per heavy atom. The fourth-order valence-corrected chi connectivity index (χ4v) is 3.15. The molecule has 1 aromatic carbocycles. The molecule has 116 valence electrons. The van der Waals surface area contributed by atoms with Crippen molar-refractivity contribution in [1.29, 1.82) is 0 Å². The number of rotatable bonds is 6. The van der Waals surface area contributed by atoms with Crippen LogP contribution in [0.3, 0.4) is 0 Å². The van der Waals surface area contributed by atoms with Crippen LogP contribution in [-0.4, -0.2) is 15.3 Å². The minimum absolute atomic E-state index is 0.0555. The van der Waals surface area contributed by atoms with Crippen molar-refractivity contribution in [2.45, 2.75) is 31.8 Å². The fraction of sp³-hybridized carbons (Fsp3) is 0.333. The summed E-state index contributed by atoms with van der Waals surface area (Å²) in [5.41, 5.74) is 4.12. The van der Waals surface area contributed by atoms with Gasteiger partial charge in [0.1, 0.15) is 0 Å². The minimum atomic E-state index is 0.0555. The predicted molar refractivity (Wildman–Crippen MR) is 93.8 cm³/mol. The second-order valence-corrected chi connectivity index (χ2v) is 6.29. The average molecular weight is 314 g/mol. The van der Waals surface area contributed by atoms with Crippen molar-refractivity contribution >= 4 is 11.8 Å². The Kier molecular flexibility index (Phi) is 5.61. The molecule has 0 aliphatic carbocycles. The molecule has 1 heterocycles. The lowest BCUT2D eigenvalue weighted by molar-refractivity contribution is 0.675. The van der Waals surface area contributed by atoms with E-state index < -0.39 is 0 Å². The Balaban J connectivity index is 2.44. The van der Waals surface area contributed by atoms with Crippen LogP contribution < -0.4 is 5.56 Å². The third-order valence-corrected chi connectivity index (χ3v) is 4.58. The molecule has 0 aliphatic rings. The highest BCUT2D eigenvalue weighted by atomic mass is 32.2. The summed E-state index contributed by atoms with van der Waals surface area (Å²) in [6.45, 7) is 7.83. The third-order valence-electron chi connectivity index (χ3n) is 3.56. The van der Waals surface area contributed by atoms with E-state index in [-0.39, 0.29) is 5.56 Å². The van der Waals surface area contributed by atoms with Crippen molar-refractivity contribution < 1.29 is 0 Å². The zero-order valence-electron chi connectivity index (χ0n) is 13.4. The van der Waals surface area contributed by atoms with Crippen molar-refractivity contribution in [3.05, 3.63) is 69.7 Å². The Bertz CT molecular complexity index is 734. The first-order chi connectivity index (χ1) is 10.6. The molecule has 0 aliphatic heterocycles. The Morgan fingerprint density at radius 3 is 2.82 bits per heavy atom. The van der Waals surface area contributed by atoms with Crippen LogP contribution in [0.15, 0.2) is 46.9 Å². The maximum absolute atomic E-state index is 12.7. The van der Waals surface area contributed by atoms with E-state index in [9.17, 15) is 4.79 Å². The number of aromatic nitrogens is 2. The fourth-order valence-electron chi connectivity index (χ4n) is 2.43. The van der Waals surface area contributed by atoms with E-state index in [0.717, 1.165) is 34.2 Å². The molecule has 0 bridgehead atoms. The molecule has 0 radical (unpaired) electrons. The molecule has 2 rings (SSSR count). The van der Waals surface area contributed by atoms with Crippen LogP contribution in [-0.2, 0) is 19.9 Å². The molecule has 0 atom stereocenters. The SMILES string of the molecule is C=CCSc1nc(CC)c(Cc2cccc(C)c2)c(=O)n1C. The van der Waals surface area contributed by atoms with E-state index in [0.29, 0.717) is 6.42 Å². The first-order valence-electron chi connectivity index (χ1n) is 7.44. The van der Waals surface area contributed by atoms with E-state index in [2.05, 4.69) is 36.7 Å². The van der Waals surface area contributed by atoms with Gasteiger partial charge in [-0.2, -0.15) is 0 Å². The summed E-state index contributed by atoms with van der Waals surface area (Å²) in [7, 11) is 1.79. The van der Waals surface area contributed by atoms with Crippen LogP contribution in [0.5, 0.6) is 0 Å². The van der Waals surface area contributed by atoms with E-state index in [1.54, 1.807) is 23.4 Å². The highest BCUT2D eigenvalue weighted by Crippen LogP contribution is 2.17. The summed E-state index contributed by atoms with van der Waals surface area (Å²) in [6.07, 6.45) is 3.22. The number of aryl methyl sites for hydroxylation is 2. The van der Waals surface area contributed by atoms with Crippen LogP contribution in [0.2, 0.25) is 0 Å². The smallest absolute Gasteiger partial charge is 0.257 e. The molecule has 3 nitrogen and oxygen atoms in total. The van der Waals surface area contributed by atoms with Gasteiger partial charge in [-0.3, -0.25) is 9.36 Å². The van der Waals surface area contributed by atoms with Crippen LogP contribution in [0.1, 0.15) is 29.3 Å². The number of benzene rings is 1. The Hall–Kier alpha value is -1.81. The van der Waals surface area contributed by atoms with Crippen molar-refractivity contribution in [1.82, 2.24) is 9.55 Å². The van der Waals surface area contributed by atoms with Crippen molar-refractivity contribution in [2.75, 3.05) is 5.75 Å². The number of hydrogen-bond acceptors (Lipinski definition) is 3. The molecule has 1 aromatic heterocycles. The molecular weight excluding hydrogens is 292 g/mol. The van der Waals surface area contributed by atoms with Gasteiger partial charge in [0.25, 0.3) is 5.56 Å². The van der Waals surface area contributed by atoms with Gasteiger partial charge >= 0.3 is 0 Å². The van der Waals surface area contributed by atoms with E-state index >= 15 is 0 Å². The second-order valence-electron chi connectivity index (χ2n) is 5.30. The minimum Gasteiger partial charge on any atom is -0.291 e. The highest BCUT2D eigenvalue weighted by molar-refractivity contribution is 7.99. The number of nitrogens with zero attached hydrogens (tertiary/aromatic N) is 2. The summed E-state index contributed by atoms with van der Waals surface area (Å²) in [5.74, 6) is 0.751. The lowest BCUT2D eigenvalue weighted by Crippen LogP contribution is -2.26. The maximum Gasteiger partial charge on any atom is 0.257 e. The quantitative estimate of drug-likeness (QED) is 0.465. The maximum atomic E-state index is 12.7. The number of thioether (sulfide) groups is 1. The summed E-state index contributed by atoms with van der Waals surface area (Å²) < 4.78 is 1.65. The molecule has 0 fully saturated rings. The summed E-state index contributed by atoms with van der Waals surface area (Å²) in [6, 6.07) is 8.28. The third kappa shape index (κ3) is 3.69. The van der Waals surface area contributed by atoms with E-state index in [4.69, 9.17) is 0 Å². The van der Waals surface area contributed by atoms with Gasteiger partial charge < -0.3 is 0 Å². The van der Waals surface area contributed by atoms with Gasteiger partial charge in [0.15, 0.2) is 5.16 Å². The van der Waals surface area contributed by atoms with Crippen LogP contribution in [0, 0.1) is 6.92 Å². The zero-order chi connectivity index (χ0) is 16.1. The first-order valence-corrected chi connectivity index (χ1v) is 8.43. The largest absolute Gasteiger partial charge is 0.291 e. The van der Waals surface area contributed by atoms with Gasteiger partial charge in [-0.15, -0.1) is 6.58 Å². The molecule has 4 heteroatoms. The Labute approximate surface area is 136 Å². The summed E-state index contributed by atoms with van der Waals surface area (Å²) >= 11 is 1.54. The van der Waals surface area contributed by atoms with Crippen LogP contribution in [0.25, 0.3) is 0 Å². The van der Waals surface area contributed by atoms with Gasteiger partial charge in [0.2, 0.25) is 0 Å². The van der Waals surface area contributed by atoms with E-state index in [1.807, 2.05) is 19.1 Å². The van der Waals surface area contributed by atoms with Gasteiger partial charge in [-0.25, -0.2) is 4.98 Å². The average Bonchev–Trinajstić information content (AvgIpc) is 2.51. The van der Waals surface area contributed by atoms with Crippen molar-refractivity contribution in [3.8, 4) is 0 Å². The molecule has 0 unspecified atom stereocenters. The molecule has 22 heavy (non-hydrogen) atoms. The van der Waals surface area contributed by atoms with Crippen LogP contribution in [0.4, 0.5) is 0 Å². The van der Waals surface area contributed by atoms with Crippen molar-refractivity contribution in [3.63, 3.8) is 0 Å². The molecule has 0 saturated carbocycles. The highest BCUT2D eigenvalue weighted by Gasteiger charge is 2.14. The van der Waals surface area contributed by atoms with E-state index in [1.165, 1.54) is 5.56 Å².